The molecule has 4 heteroatoms. The molecule has 126 valence electrons. The maximum atomic E-state index is 14.1. The van der Waals surface area contributed by atoms with Gasteiger partial charge in [-0.25, -0.2) is 4.39 Å². The molecule has 23 heavy (non-hydrogen) atoms. The molecule has 2 heterocycles. The van der Waals surface area contributed by atoms with Gasteiger partial charge in [0.25, 0.3) is 0 Å². The third-order valence-electron chi connectivity index (χ3n) is 5.47. The summed E-state index contributed by atoms with van der Waals surface area (Å²) in [6, 6.07) is 6.46. The van der Waals surface area contributed by atoms with Gasteiger partial charge < -0.3 is 10.6 Å². The first-order valence-electron chi connectivity index (χ1n) is 8.96. The smallest absolute Gasteiger partial charge is 0.169 e. The largest absolute Gasteiger partial charge is 0.317 e. The normalized spacial score (nSPS) is 22.0. The van der Waals surface area contributed by atoms with Gasteiger partial charge in [0, 0.05) is 5.92 Å². The van der Waals surface area contributed by atoms with Gasteiger partial charge in [0.05, 0.1) is 5.56 Å². The highest BCUT2D eigenvalue weighted by Crippen LogP contribution is 2.33. The van der Waals surface area contributed by atoms with Crippen LogP contribution in [0.25, 0.3) is 0 Å². The second-order valence-electron chi connectivity index (χ2n) is 6.97. The first-order valence-corrected chi connectivity index (χ1v) is 8.96. The molecule has 1 unspecified atom stereocenters. The molecule has 3 nitrogen and oxygen atoms in total. The number of ketones is 1. The lowest BCUT2D eigenvalue weighted by atomic mass is 9.74. The first-order chi connectivity index (χ1) is 11.3. The zero-order chi connectivity index (χ0) is 16.1. The lowest BCUT2D eigenvalue weighted by Crippen LogP contribution is -2.37. The maximum absolute atomic E-state index is 14.1. The van der Waals surface area contributed by atoms with E-state index in [4.69, 9.17) is 0 Å². The van der Waals surface area contributed by atoms with Crippen LogP contribution in [-0.2, 0) is 0 Å². The zero-order valence-electron chi connectivity index (χ0n) is 13.7. The third kappa shape index (κ3) is 4.18. The number of carbonyl (C=O) groups excluding carboxylic acids is 1. The van der Waals surface area contributed by atoms with Crippen molar-refractivity contribution >= 4 is 5.78 Å². The number of rotatable bonds is 5. The van der Waals surface area contributed by atoms with E-state index >= 15 is 0 Å². The van der Waals surface area contributed by atoms with Gasteiger partial charge in [-0.3, -0.25) is 4.79 Å². The second kappa shape index (κ2) is 8.02. The van der Waals surface area contributed by atoms with E-state index < -0.39 is 0 Å². The van der Waals surface area contributed by atoms with Crippen molar-refractivity contribution < 1.29 is 9.18 Å². The van der Waals surface area contributed by atoms with Crippen LogP contribution in [0.1, 0.15) is 42.5 Å². The standard InChI is InChI=1S/C19H27FN2O/c20-18-4-2-1-3-16(18)19(23)17(15-7-11-22-12-8-15)13-14-5-9-21-10-6-14/h1-4,14-15,17,21-22H,5-13H2. The molecular weight excluding hydrogens is 291 g/mol. The van der Waals surface area contributed by atoms with Gasteiger partial charge in [-0.1, -0.05) is 12.1 Å². The average molecular weight is 318 g/mol. The number of halogens is 1. The fourth-order valence-electron chi connectivity index (χ4n) is 4.10. The maximum Gasteiger partial charge on any atom is 0.169 e. The fraction of sp³-hybridized carbons (Fsp3) is 0.632. The summed E-state index contributed by atoms with van der Waals surface area (Å²) < 4.78 is 14.1. The van der Waals surface area contributed by atoms with Crippen molar-refractivity contribution in [3.8, 4) is 0 Å². The number of nitrogens with one attached hydrogen (secondary N) is 2. The van der Waals surface area contributed by atoms with Crippen LogP contribution in [0.2, 0.25) is 0 Å². The molecule has 0 aliphatic carbocycles. The quantitative estimate of drug-likeness (QED) is 0.820. The Hall–Kier alpha value is -1.26. The van der Waals surface area contributed by atoms with Crippen LogP contribution in [0, 0.1) is 23.6 Å². The topological polar surface area (TPSA) is 41.1 Å². The van der Waals surface area contributed by atoms with Crippen molar-refractivity contribution in [1.82, 2.24) is 10.6 Å². The molecule has 2 saturated heterocycles. The van der Waals surface area contributed by atoms with Gasteiger partial charge >= 0.3 is 0 Å². The molecule has 2 N–H and O–H groups in total. The van der Waals surface area contributed by atoms with E-state index in [-0.39, 0.29) is 23.1 Å². The summed E-state index contributed by atoms with van der Waals surface area (Å²) >= 11 is 0. The molecule has 2 aliphatic rings. The van der Waals surface area contributed by atoms with Crippen molar-refractivity contribution in [2.45, 2.75) is 32.1 Å². The molecule has 1 aromatic carbocycles. The van der Waals surface area contributed by atoms with Crippen LogP contribution in [0.5, 0.6) is 0 Å². The minimum Gasteiger partial charge on any atom is -0.317 e. The summed E-state index contributed by atoms with van der Waals surface area (Å²) in [5.41, 5.74) is 0.282. The van der Waals surface area contributed by atoms with Gasteiger partial charge in [-0.05, 0) is 82.3 Å². The van der Waals surface area contributed by atoms with E-state index in [2.05, 4.69) is 10.6 Å². The van der Waals surface area contributed by atoms with Gasteiger partial charge in [-0.15, -0.1) is 0 Å². The zero-order valence-corrected chi connectivity index (χ0v) is 13.7. The van der Waals surface area contributed by atoms with Crippen molar-refractivity contribution in [3.05, 3.63) is 35.6 Å². The summed E-state index contributed by atoms with van der Waals surface area (Å²) in [5.74, 6) is 0.595. The number of Topliss-reactive ketones (excluding diaryl/α,β-unsaturated/α-hetero) is 1. The highest BCUT2D eigenvalue weighted by molar-refractivity contribution is 5.98. The predicted molar refractivity (Wildman–Crippen MR) is 90.0 cm³/mol. The monoisotopic (exact) mass is 318 g/mol. The van der Waals surface area contributed by atoms with E-state index in [0.717, 1.165) is 58.3 Å². The first kappa shape index (κ1) is 16.6. The van der Waals surface area contributed by atoms with Crippen molar-refractivity contribution in [2.75, 3.05) is 26.2 Å². The number of hydrogen-bond acceptors (Lipinski definition) is 3. The Morgan fingerprint density at radius 1 is 1.04 bits per heavy atom. The van der Waals surface area contributed by atoms with Gasteiger partial charge in [0.1, 0.15) is 5.82 Å². The molecule has 2 aliphatic heterocycles. The molecule has 0 spiro atoms. The van der Waals surface area contributed by atoms with Crippen LogP contribution >= 0.6 is 0 Å². The van der Waals surface area contributed by atoms with Crippen LogP contribution in [-0.4, -0.2) is 32.0 Å². The SMILES string of the molecule is O=C(c1ccccc1F)C(CC1CCNCC1)C1CCNCC1. The minimum absolute atomic E-state index is 0.0218. The highest BCUT2D eigenvalue weighted by atomic mass is 19.1. The van der Waals surface area contributed by atoms with E-state index in [0.29, 0.717) is 11.8 Å². The van der Waals surface area contributed by atoms with Gasteiger partial charge in [-0.2, -0.15) is 0 Å². The Kier molecular flexibility index (Phi) is 5.79. The summed E-state index contributed by atoms with van der Waals surface area (Å²) in [7, 11) is 0. The molecule has 0 aromatic heterocycles. The van der Waals surface area contributed by atoms with Gasteiger partial charge in [0.15, 0.2) is 5.78 Å². The van der Waals surface area contributed by atoms with Crippen molar-refractivity contribution in [3.63, 3.8) is 0 Å². The van der Waals surface area contributed by atoms with Crippen LogP contribution in [0.15, 0.2) is 24.3 Å². The van der Waals surface area contributed by atoms with Crippen LogP contribution < -0.4 is 10.6 Å². The predicted octanol–water partition coefficient (Wildman–Crippen LogP) is 3.01. The summed E-state index contributed by atoms with van der Waals surface area (Å²) in [5, 5.41) is 6.75. The summed E-state index contributed by atoms with van der Waals surface area (Å²) in [6.07, 6.45) is 5.23. The highest BCUT2D eigenvalue weighted by Gasteiger charge is 2.33. The number of carbonyl (C=O) groups is 1. The Morgan fingerprint density at radius 3 is 2.30 bits per heavy atom. The van der Waals surface area contributed by atoms with Gasteiger partial charge in [0.2, 0.25) is 0 Å². The average Bonchev–Trinajstić information content (AvgIpc) is 2.61. The summed E-state index contributed by atoms with van der Waals surface area (Å²) in [4.78, 5) is 13.1. The molecule has 3 rings (SSSR count). The molecule has 0 radical (unpaired) electrons. The second-order valence-corrected chi connectivity index (χ2v) is 6.97. The van der Waals surface area contributed by atoms with Crippen molar-refractivity contribution in [1.29, 1.82) is 0 Å². The Bertz CT molecular complexity index is 522. The van der Waals surface area contributed by atoms with Crippen molar-refractivity contribution in [2.24, 2.45) is 17.8 Å². The minimum atomic E-state index is -0.373. The van der Waals surface area contributed by atoms with E-state index in [1.165, 1.54) is 6.07 Å². The summed E-state index contributed by atoms with van der Waals surface area (Å²) in [6.45, 7) is 4.02. The molecular formula is C19H27FN2O. The Balaban J connectivity index is 1.78. The molecule has 0 saturated carbocycles. The lowest BCUT2D eigenvalue weighted by Gasteiger charge is -2.33. The molecule has 2 fully saturated rings. The molecule has 1 atom stereocenters. The third-order valence-corrected chi connectivity index (χ3v) is 5.47. The van der Waals surface area contributed by atoms with E-state index in [1.807, 2.05) is 0 Å². The number of hydrogen-bond donors (Lipinski definition) is 2. The van der Waals surface area contributed by atoms with Crippen LogP contribution in [0.4, 0.5) is 4.39 Å². The number of benzene rings is 1. The molecule has 0 amide bonds. The molecule has 0 bridgehead atoms. The fourth-order valence-corrected chi connectivity index (χ4v) is 4.10. The Labute approximate surface area is 138 Å². The molecule has 1 aromatic rings. The van der Waals surface area contributed by atoms with Crippen LogP contribution in [0.3, 0.4) is 0 Å². The number of piperidine rings is 2. The lowest BCUT2D eigenvalue weighted by molar-refractivity contribution is 0.0802. The Morgan fingerprint density at radius 2 is 1.65 bits per heavy atom. The van der Waals surface area contributed by atoms with E-state index in [9.17, 15) is 9.18 Å². The van der Waals surface area contributed by atoms with E-state index in [1.54, 1.807) is 18.2 Å².